The monoisotopic (exact) mass is 462 g/mol. The molecule has 2 heterocycles. The fourth-order valence-corrected chi connectivity index (χ4v) is 4.17. The van der Waals surface area contributed by atoms with E-state index in [4.69, 9.17) is 4.74 Å². The van der Waals surface area contributed by atoms with E-state index in [0.717, 1.165) is 12.8 Å². The average Bonchev–Trinajstić information content (AvgIpc) is 3.67. The number of ether oxygens (including phenoxy) is 1. The minimum absolute atomic E-state index is 0.171. The molecule has 2 aliphatic rings. The van der Waals surface area contributed by atoms with E-state index in [1.54, 1.807) is 18.2 Å². The van der Waals surface area contributed by atoms with Gasteiger partial charge >= 0.3 is 5.97 Å². The number of carbonyl (C=O) groups excluding carboxylic acids is 3. The Hall–Kier alpha value is -4.00. The lowest BCUT2D eigenvalue weighted by Crippen LogP contribution is -2.50. The predicted octanol–water partition coefficient (Wildman–Crippen LogP) is 1.43. The van der Waals surface area contributed by atoms with E-state index in [2.05, 4.69) is 31.6 Å². The molecule has 2 N–H and O–H groups in total. The van der Waals surface area contributed by atoms with Crippen LogP contribution >= 0.6 is 0 Å². The number of piperidine rings is 1. The molecule has 1 aromatic heterocycles. The van der Waals surface area contributed by atoms with Crippen molar-refractivity contribution in [2.24, 2.45) is 5.92 Å². The molecule has 1 saturated carbocycles. The van der Waals surface area contributed by atoms with Gasteiger partial charge in [0.1, 0.15) is 11.9 Å². The third kappa shape index (κ3) is 4.98. The summed E-state index contributed by atoms with van der Waals surface area (Å²) < 4.78 is 4.89. The van der Waals surface area contributed by atoms with Crippen LogP contribution in [-0.2, 0) is 9.53 Å². The summed E-state index contributed by atoms with van der Waals surface area (Å²) in [5.41, 5.74) is 1.07. The number of nitriles is 1. The van der Waals surface area contributed by atoms with Gasteiger partial charge in [0.25, 0.3) is 5.91 Å². The molecule has 0 radical (unpaired) electrons. The Balaban J connectivity index is 1.30. The first-order valence-corrected chi connectivity index (χ1v) is 11.2. The van der Waals surface area contributed by atoms with Crippen molar-refractivity contribution in [1.29, 1.82) is 5.26 Å². The van der Waals surface area contributed by atoms with E-state index in [-0.39, 0.29) is 17.7 Å². The zero-order valence-electron chi connectivity index (χ0n) is 18.9. The molecule has 1 aliphatic heterocycles. The second kappa shape index (κ2) is 9.87. The van der Waals surface area contributed by atoms with Gasteiger partial charge in [0.15, 0.2) is 0 Å². The van der Waals surface area contributed by atoms with Crippen LogP contribution in [0.5, 0.6) is 0 Å². The summed E-state index contributed by atoms with van der Waals surface area (Å²) in [6.07, 6.45) is 7.02. The van der Waals surface area contributed by atoms with Crippen LogP contribution in [0.2, 0.25) is 0 Å². The van der Waals surface area contributed by atoms with Gasteiger partial charge in [-0.05, 0) is 49.8 Å². The fraction of sp³-hybridized carbons (Fsp3) is 0.417. The molecule has 1 aliphatic carbocycles. The second-order valence-corrected chi connectivity index (χ2v) is 8.64. The Morgan fingerprint density at radius 1 is 1.21 bits per heavy atom. The van der Waals surface area contributed by atoms with Crippen LogP contribution in [0.4, 0.5) is 5.69 Å². The molecule has 2 aromatic rings. The number of nitrogens with zero attached hydrogens (tertiary/aromatic N) is 4. The third-order valence-electron chi connectivity index (χ3n) is 6.40. The Morgan fingerprint density at radius 3 is 2.53 bits per heavy atom. The summed E-state index contributed by atoms with van der Waals surface area (Å²) in [7, 11) is 1.34. The number of esters is 1. The van der Waals surface area contributed by atoms with Gasteiger partial charge in [-0.25, -0.2) is 14.8 Å². The topological polar surface area (TPSA) is 137 Å². The van der Waals surface area contributed by atoms with E-state index in [0.29, 0.717) is 54.9 Å². The van der Waals surface area contributed by atoms with Crippen molar-refractivity contribution < 1.29 is 19.1 Å². The lowest BCUT2D eigenvalue weighted by Gasteiger charge is -2.34. The number of rotatable bonds is 7. The summed E-state index contributed by atoms with van der Waals surface area (Å²) in [4.78, 5) is 47.1. The molecule has 0 bridgehead atoms. The number of hydrogen-bond donors (Lipinski definition) is 2. The lowest BCUT2D eigenvalue weighted by atomic mass is 9.95. The normalized spacial score (nSPS) is 16.8. The number of anilines is 1. The van der Waals surface area contributed by atoms with Crippen molar-refractivity contribution in [2.45, 2.75) is 31.2 Å². The molecule has 10 heteroatoms. The zero-order chi connectivity index (χ0) is 24.1. The first-order chi connectivity index (χ1) is 16.5. The Kier molecular flexibility index (Phi) is 6.72. The van der Waals surface area contributed by atoms with Gasteiger partial charge < -0.3 is 20.3 Å². The summed E-state index contributed by atoms with van der Waals surface area (Å²) in [6, 6.07) is 7.06. The first kappa shape index (κ1) is 23.2. The summed E-state index contributed by atoms with van der Waals surface area (Å²) in [5.74, 6) is -0.694. The molecule has 4 rings (SSSR count). The number of methoxy groups -OCH3 is 1. The van der Waals surface area contributed by atoms with Crippen molar-refractivity contribution >= 4 is 23.5 Å². The summed E-state index contributed by atoms with van der Waals surface area (Å²) in [5, 5.41) is 15.1. The van der Waals surface area contributed by atoms with Gasteiger partial charge in [-0.15, -0.1) is 0 Å². The van der Waals surface area contributed by atoms with Gasteiger partial charge in [0, 0.05) is 32.0 Å². The quantitative estimate of drug-likeness (QED) is 0.590. The van der Waals surface area contributed by atoms with Crippen LogP contribution in [0.15, 0.2) is 36.9 Å². The average molecular weight is 463 g/mol. The van der Waals surface area contributed by atoms with E-state index in [9.17, 15) is 19.6 Å². The zero-order valence-corrected chi connectivity index (χ0v) is 18.9. The van der Waals surface area contributed by atoms with Crippen LogP contribution in [0.25, 0.3) is 0 Å². The van der Waals surface area contributed by atoms with Crippen molar-refractivity contribution in [3.63, 3.8) is 0 Å². The highest BCUT2D eigenvalue weighted by Crippen LogP contribution is 2.36. The van der Waals surface area contributed by atoms with Crippen LogP contribution in [0.3, 0.4) is 0 Å². The Morgan fingerprint density at radius 2 is 1.91 bits per heavy atom. The fourth-order valence-electron chi connectivity index (χ4n) is 4.17. The van der Waals surface area contributed by atoms with Crippen molar-refractivity contribution in [2.75, 3.05) is 31.6 Å². The maximum atomic E-state index is 12.8. The van der Waals surface area contributed by atoms with Crippen LogP contribution < -0.4 is 15.5 Å². The number of benzene rings is 1. The molecule has 1 aromatic carbocycles. The lowest BCUT2D eigenvalue weighted by molar-refractivity contribution is -0.124. The second-order valence-electron chi connectivity index (χ2n) is 8.64. The molecular weight excluding hydrogens is 436 g/mol. The minimum atomic E-state index is -0.860. The van der Waals surface area contributed by atoms with Gasteiger partial charge in [0.2, 0.25) is 5.91 Å². The number of carbonyl (C=O) groups is 3. The molecule has 1 saturated heterocycles. The standard InChI is InChI=1S/C24H26N6O4/c1-34-22(32)19-3-2-17(11-25)10-20(19)30-8-4-16(5-9-30)12-28-23(33)24(6-7-24)29-21(31)18-13-26-15-27-14-18/h2-3,10,13-16H,4-9,12H2,1H3,(H,28,33)(H,29,31). The van der Waals surface area contributed by atoms with Crippen LogP contribution in [-0.4, -0.2) is 60.0 Å². The van der Waals surface area contributed by atoms with Crippen LogP contribution in [0, 0.1) is 17.2 Å². The van der Waals surface area contributed by atoms with Crippen molar-refractivity contribution in [3.8, 4) is 6.07 Å². The van der Waals surface area contributed by atoms with Crippen molar-refractivity contribution in [3.05, 3.63) is 53.6 Å². The number of amides is 2. The number of nitrogens with one attached hydrogen (secondary N) is 2. The van der Waals surface area contributed by atoms with Gasteiger partial charge in [-0.2, -0.15) is 5.26 Å². The molecule has 34 heavy (non-hydrogen) atoms. The maximum Gasteiger partial charge on any atom is 0.339 e. The Labute approximate surface area is 197 Å². The maximum absolute atomic E-state index is 12.8. The van der Waals surface area contributed by atoms with Crippen molar-refractivity contribution in [1.82, 2.24) is 20.6 Å². The minimum Gasteiger partial charge on any atom is -0.465 e. The van der Waals surface area contributed by atoms with Gasteiger partial charge in [-0.3, -0.25) is 9.59 Å². The Bertz CT molecular complexity index is 1120. The molecular formula is C24H26N6O4. The van der Waals surface area contributed by atoms with E-state index < -0.39 is 11.5 Å². The predicted molar refractivity (Wildman–Crippen MR) is 122 cm³/mol. The van der Waals surface area contributed by atoms with E-state index in [1.807, 2.05) is 0 Å². The SMILES string of the molecule is COC(=O)c1ccc(C#N)cc1N1CCC(CNC(=O)C2(NC(=O)c3cncnc3)CC2)CC1. The summed E-state index contributed by atoms with van der Waals surface area (Å²) >= 11 is 0. The molecule has 0 atom stereocenters. The molecule has 10 nitrogen and oxygen atoms in total. The molecule has 0 spiro atoms. The molecule has 176 valence electrons. The molecule has 0 unspecified atom stereocenters. The first-order valence-electron chi connectivity index (χ1n) is 11.2. The highest BCUT2D eigenvalue weighted by molar-refractivity contribution is 6.00. The highest BCUT2D eigenvalue weighted by Gasteiger charge is 2.51. The third-order valence-corrected chi connectivity index (χ3v) is 6.40. The number of aromatic nitrogens is 2. The smallest absolute Gasteiger partial charge is 0.339 e. The number of hydrogen-bond acceptors (Lipinski definition) is 8. The molecule has 2 amide bonds. The van der Waals surface area contributed by atoms with Gasteiger partial charge in [-0.1, -0.05) is 0 Å². The summed E-state index contributed by atoms with van der Waals surface area (Å²) in [6.45, 7) is 1.89. The largest absolute Gasteiger partial charge is 0.465 e. The molecule has 2 fully saturated rings. The van der Waals surface area contributed by atoms with Crippen LogP contribution in [0.1, 0.15) is 52.0 Å². The van der Waals surface area contributed by atoms with E-state index >= 15 is 0 Å². The van der Waals surface area contributed by atoms with Gasteiger partial charge in [0.05, 0.1) is 35.6 Å². The van der Waals surface area contributed by atoms with E-state index in [1.165, 1.54) is 25.8 Å². The highest BCUT2D eigenvalue weighted by atomic mass is 16.5.